The number of benzene rings is 2. The van der Waals surface area contributed by atoms with Crippen LogP contribution in [0.4, 0.5) is 26.3 Å². The van der Waals surface area contributed by atoms with Crippen molar-refractivity contribution in [3.63, 3.8) is 0 Å². The van der Waals surface area contributed by atoms with Gasteiger partial charge in [-0.3, -0.25) is 9.78 Å². The molecule has 0 saturated heterocycles. The number of hydrogen-bond donors (Lipinski definition) is 1. The highest BCUT2D eigenvalue weighted by Gasteiger charge is 2.37. The average molecular weight is 478 g/mol. The second-order valence-electron chi connectivity index (χ2n) is 7.56. The minimum absolute atomic E-state index is 0.0564. The molecule has 0 aliphatic heterocycles. The molecular formula is C23H16F6N4O. The maximum Gasteiger partial charge on any atom is 0.416 e. The first kappa shape index (κ1) is 23.3. The fraction of sp³-hybridized carbons (Fsp3) is 0.174. The Morgan fingerprint density at radius 2 is 1.62 bits per heavy atom. The van der Waals surface area contributed by atoms with Crippen LogP contribution in [0.3, 0.4) is 0 Å². The van der Waals surface area contributed by atoms with E-state index in [2.05, 4.69) is 15.0 Å². The van der Waals surface area contributed by atoms with E-state index in [9.17, 15) is 31.1 Å². The summed E-state index contributed by atoms with van der Waals surface area (Å²) in [6.07, 6.45) is -5.62. The lowest BCUT2D eigenvalue weighted by Crippen LogP contribution is -2.30. The Hall–Kier alpha value is -3.89. The van der Waals surface area contributed by atoms with Crippen LogP contribution in [-0.4, -0.2) is 25.8 Å². The number of fused-ring (bicyclic) bond motifs is 1. The lowest BCUT2D eigenvalue weighted by atomic mass is 10.0. The summed E-state index contributed by atoms with van der Waals surface area (Å²) >= 11 is 0. The number of pyridine rings is 1. The van der Waals surface area contributed by atoms with E-state index in [0.29, 0.717) is 28.7 Å². The molecule has 1 N–H and O–H groups in total. The lowest BCUT2D eigenvalue weighted by Gasteiger charge is -2.24. The molecule has 0 aliphatic rings. The number of halogens is 6. The number of rotatable bonds is 5. The van der Waals surface area contributed by atoms with E-state index in [0.717, 1.165) is 4.90 Å². The monoisotopic (exact) mass is 478 g/mol. The Morgan fingerprint density at radius 1 is 0.912 bits per heavy atom. The van der Waals surface area contributed by atoms with Crippen molar-refractivity contribution >= 4 is 16.8 Å². The minimum atomic E-state index is -4.99. The molecule has 0 radical (unpaired) electrons. The average Bonchev–Trinajstić information content (AvgIpc) is 3.29. The Balaban J connectivity index is 1.73. The number of nitrogens with zero attached hydrogens (tertiary/aromatic N) is 3. The Labute approximate surface area is 189 Å². The molecule has 0 fully saturated rings. The third kappa shape index (κ3) is 5.19. The number of imidazole rings is 1. The normalized spacial score (nSPS) is 12.2. The van der Waals surface area contributed by atoms with Gasteiger partial charge in [-0.1, -0.05) is 6.07 Å². The summed E-state index contributed by atoms with van der Waals surface area (Å²) in [6, 6.07) is 9.40. The highest BCUT2D eigenvalue weighted by atomic mass is 19.4. The summed E-state index contributed by atoms with van der Waals surface area (Å²) in [4.78, 5) is 25.3. The van der Waals surface area contributed by atoms with Gasteiger partial charge in [-0.2, -0.15) is 26.3 Å². The van der Waals surface area contributed by atoms with Crippen LogP contribution in [0, 0.1) is 0 Å². The van der Waals surface area contributed by atoms with E-state index in [-0.39, 0.29) is 23.7 Å². The molecule has 2 aromatic carbocycles. The number of alkyl halides is 6. The highest BCUT2D eigenvalue weighted by Crippen LogP contribution is 2.36. The van der Waals surface area contributed by atoms with Gasteiger partial charge in [0.1, 0.15) is 0 Å². The van der Waals surface area contributed by atoms with Crippen molar-refractivity contribution in [1.82, 2.24) is 19.9 Å². The van der Waals surface area contributed by atoms with Gasteiger partial charge in [-0.15, -0.1) is 0 Å². The molecule has 176 valence electrons. The van der Waals surface area contributed by atoms with Gasteiger partial charge >= 0.3 is 12.4 Å². The molecule has 0 aliphatic carbocycles. The highest BCUT2D eigenvalue weighted by molar-refractivity contribution is 5.97. The summed E-state index contributed by atoms with van der Waals surface area (Å²) in [5.74, 6) is -0.577. The molecule has 11 heteroatoms. The number of aromatic nitrogens is 3. The predicted molar refractivity (Wildman–Crippen MR) is 110 cm³/mol. The molecule has 4 aromatic rings. The van der Waals surface area contributed by atoms with Crippen LogP contribution in [0.1, 0.15) is 32.7 Å². The van der Waals surface area contributed by atoms with Crippen molar-refractivity contribution < 1.29 is 31.1 Å². The minimum Gasteiger partial charge on any atom is -0.347 e. The first-order valence-corrected chi connectivity index (χ1v) is 9.90. The molecule has 4 rings (SSSR count). The second kappa shape index (κ2) is 8.81. The summed E-state index contributed by atoms with van der Waals surface area (Å²) in [5, 5.41) is 0.660. The van der Waals surface area contributed by atoms with E-state index < -0.39 is 35.9 Å². The fourth-order valence-electron chi connectivity index (χ4n) is 3.50. The van der Waals surface area contributed by atoms with Crippen LogP contribution < -0.4 is 0 Å². The Morgan fingerprint density at radius 3 is 2.24 bits per heavy atom. The van der Waals surface area contributed by atoms with E-state index in [1.54, 1.807) is 30.5 Å². The summed E-state index contributed by atoms with van der Waals surface area (Å²) in [7, 11) is 0. The first-order valence-electron chi connectivity index (χ1n) is 9.90. The van der Waals surface area contributed by atoms with E-state index in [4.69, 9.17) is 0 Å². The van der Waals surface area contributed by atoms with Crippen molar-refractivity contribution in [2.45, 2.75) is 25.4 Å². The topological polar surface area (TPSA) is 61.9 Å². The number of amides is 1. The van der Waals surface area contributed by atoms with E-state index in [1.165, 1.54) is 18.6 Å². The molecular weight excluding hydrogens is 462 g/mol. The van der Waals surface area contributed by atoms with Crippen molar-refractivity contribution in [1.29, 1.82) is 0 Å². The van der Waals surface area contributed by atoms with Crippen LogP contribution in [0.25, 0.3) is 10.9 Å². The molecule has 2 aromatic heterocycles. The molecule has 0 unspecified atom stereocenters. The SMILES string of the molecule is O=C(c1ccc2ncccc2c1)N(Cc1cc(C(F)(F)F)cc(C(F)(F)F)c1)Cc1cnc[nH]1. The zero-order valence-electron chi connectivity index (χ0n) is 17.3. The number of carbonyl (C=O) groups is 1. The number of aromatic amines is 1. The second-order valence-corrected chi connectivity index (χ2v) is 7.56. The largest absolute Gasteiger partial charge is 0.416 e. The van der Waals surface area contributed by atoms with E-state index in [1.807, 2.05) is 0 Å². The van der Waals surface area contributed by atoms with Crippen molar-refractivity contribution in [3.8, 4) is 0 Å². The maximum atomic E-state index is 13.3. The van der Waals surface area contributed by atoms with Crippen LogP contribution in [-0.2, 0) is 25.4 Å². The first-order chi connectivity index (χ1) is 16.0. The maximum absolute atomic E-state index is 13.3. The number of nitrogens with one attached hydrogen (secondary N) is 1. The molecule has 5 nitrogen and oxygen atoms in total. The van der Waals surface area contributed by atoms with Crippen molar-refractivity contribution in [2.75, 3.05) is 0 Å². The fourth-order valence-corrected chi connectivity index (χ4v) is 3.50. The predicted octanol–water partition coefficient (Wildman–Crippen LogP) is 5.84. The molecule has 0 atom stereocenters. The van der Waals surface area contributed by atoms with Gasteiger partial charge in [0.2, 0.25) is 0 Å². The van der Waals surface area contributed by atoms with Crippen molar-refractivity contribution in [2.24, 2.45) is 0 Å². The molecule has 0 saturated carbocycles. The number of hydrogen-bond acceptors (Lipinski definition) is 3. The van der Waals surface area contributed by atoms with Gasteiger partial charge in [0, 0.05) is 29.9 Å². The van der Waals surface area contributed by atoms with Crippen LogP contribution >= 0.6 is 0 Å². The molecule has 0 spiro atoms. The summed E-state index contributed by atoms with van der Waals surface area (Å²) in [5.41, 5.74) is -1.89. The van der Waals surface area contributed by atoms with Gasteiger partial charge in [0.05, 0.1) is 35.2 Å². The van der Waals surface area contributed by atoms with Crippen molar-refractivity contribution in [3.05, 3.63) is 95.2 Å². The number of carbonyl (C=O) groups excluding carboxylic acids is 1. The summed E-state index contributed by atoms with van der Waals surface area (Å²) in [6.45, 7) is -0.600. The van der Waals surface area contributed by atoms with Crippen LogP contribution in [0.5, 0.6) is 0 Å². The number of H-pyrrole nitrogens is 1. The van der Waals surface area contributed by atoms with E-state index >= 15 is 0 Å². The molecule has 34 heavy (non-hydrogen) atoms. The Bertz CT molecular complexity index is 1280. The third-order valence-corrected chi connectivity index (χ3v) is 5.07. The zero-order valence-corrected chi connectivity index (χ0v) is 17.3. The lowest BCUT2D eigenvalue weighted by molar-refractivity contribution is -0.143. The van der Waals surface area contributed by atoms with Gasteiger partial charge < -0.3 is 9.88 Å². The van der Waals surface area contributed by atoms with Gasteiger partial charge in [-0.05, 0) is 48.0 Å². The van der Waals surface area contributed by atoms with Crippen LogP contribution in [0.2, 0.25) is 0 Å². The molecule has 2 heterocycles. The van der Waals surface area contributed by atoms with Gasteiger partial charge in [-0.25, -0.2) is 4.98 Å². The smallest absolute Gasteiger partial charge is 0.347 e. The third-order valence-electron chi connectivity index (χ3n) is 5.07. The quantitative estimate of drug-likeness (QED) is 0.367. The van der Waals surface area contributed by atoms with Gasteiger partial charge in [0.25, 0.3) is 5.91 Å². The van der Waals surface area contributed by atoms with Gasteiger partial charge in [0.15, 0.2) is 0 Å². The molecule has 1 amide bonds. The standard InChI is InChI=1S/C23H16F6N4O/c24-22(25,26)17-6-14(7-18(9-17)23(27,28)29)11-33(12-19-10-30-13-32-19)21(34)16-3-4-20-15(8-16)2-1-5-31-20/h1-10,13H,11-12H2,(H,30,32). The zero-order chi connectivity index (χ0) is 24.5. The van der Waals surface area contributed by atoms with Crippen LogP contribution in [0.15, 0.2) is 67.3 Å². The summed E-state index contributed by atoms with van der Waals surface area (Å²) < 4.78 is 79.7. The Kier molecular flexibility index (Phi) is 6.03. The molecule has 0 bridgehead atoms.